The van der Waals surface area contributed by atoms with Crippen LogP contribution in [0.4, 0.5) is 5.69 Å². The first-order valence-electron chi connectivity index (χ1n) is 6.60. The minimum atomic E-state index is 0.404. The molecule has 0 amide bonds. The largest absolute Gasteiger partial charge is 0.495 e. The van der Waals surface area contributed by atoms with Crippen molar-refractivity contribution in [1.29, 1.82) is 0 Å². The predicted molar refractivity (Wildman–Crippen MR) is 98.7 cm³/mol. The molecule has 0 saturated carbocycles. The number of anilines is 1. The van der Waals surface area contributed by atoms with Crippen LogP contribution in [0.15, 0.2) is 58.1 Å². The molecule has 0 unspecified atom stereocenters. The molecule has 0 aliphatic rings. The second-order valence-electron chi connectivity index (χ2n) is 4.47. The van der Waals surface area contributed by atoms with Gasteiger partial charge in [-0.15, -0.1) is 0 Å². The molecule has 0 atom stereocenters. The monoisotopic (exact) mass is 377 g/mol. The molecule has 0 aromatic heterocycles. The van der Waals surface area contributed by atoms with Gasteiger partial charge in [-0.05, 0) is 49.0 Å². The summed E-state index contributed by atoms with van der Waals surface area (Å²) in [6, 6.07) is 15.5. The van der Waals surface area contributed by atoms with Gasteiger partial charge in [0.25, 0.3) is 0 Å². The number of thiocarbonyl (C=S) groups is 1. The van der Waals surface area contributed by atoms with Gasteiger partial charge in [0.05, 0.1) is 18.5 Å². The number of methoxy groups -OCH3 is 1. The first-order chi connectivity index (χ1) is 10.6. The lowest BCUT2D eigenvalue weighted by Gasteiger charge is -2.11. The third-order valence-corrected chi connectivity index (χ3v) is 3.66. The molecule has 0 radical (unpaired) electrons. The van der Waals surface area contributed by atoms with E-state index < -0.39 is 0 Å². The lowest BCUT2D eigenvalue weighted by molar-refractivity contribution is 0.417. The summed E-state index contributed by atoms with van der Waals surface area (Å²) < 4.78 is 6.29. The molecule has 0 aliphatic heterocycles. The second-order valence-corrected chi connectivity index (χ2v) is 5.79. The normalized spacial score (nSPS) is 11.0. The van der Waals surface area contributed by atoms with Crippen molar-refractivity contribution in [3.63, 3.8) is 0 Å². The highest BCUT2D eigenvalue weighted by Gasteiger charge is 2.03. The summed E-state index contributed by atoms with van der Waals surface area (Å²) in [6.07, 6.45) is 0. The number of nitrogens with one attached hydrogen (secondary N) is 2. The van der Waals surface area contributed by atoms with Crippen LogP contribution < -0.4 is 15.5 Å². The van der Waals surface area contributed by atoms with Gasteiger partial charge in [0.15, 0.2) is 5.11 Å². The maximum absolute atomic E-state index is 5.26. The SMILES string of the molecule is COc1ccccc1NC(=S)N/N=C(\C)c1ccc(Br)cc1. The summed E-state index contributed by atoms with van der Waals surface area (Å²) in [5, 5.41) is 7.74. The Hall–Kier alpha value is -1.92. The first-order valence-corrected chi connectivity index (χ1v) is 7.80. The highest BCUT2D eigenvalue weighted by Crippen LogP contribution is 2.22. The number of rotatable bonds is 4. The Labute approximate surface area is 143 Å². The van der Waals surface area contributed by atoms with E-state index in [2.05, 4.69) is 31.8 Å². The van der Waals surface area contributed by atoms with Crippen molar-refractivity contribution in [2.45, 2.75) is 6.92 Å². The lowest BCUT2D eigenvalue weighted by atomic mass is 10.1. The highest BCUT2D eigenvalue weighted by atomic mass is 79.9. The van der Waals surface area contributed by atoms with Crippen molar-refractivity contribution in [3.8, 4) is 5.75 Å². The maximum Gasteiger partial charge on any atom is 0.191 e. The summed E-state index contributed by atoms with van der Waals surface area (Å²) in [7, 11) is 1.62. The van der Waals surface area contributed by atoms with Gasteiger partial charge in [0, 0.05) is 4.47 Å². The molecule has 0 heterocycles. The fourth-order valence-corrected chi connectivity index (χ4v) is 2.21. The van der Waals surface area contributed by atoms with Gasteiger partial charge in [-0.25, -0.2) is 0 Å². The van der Waals surface area contributed by atoms with E-state index in [-0.39, 0.29) is 0 Å². The third kappa shape index (κ3) is 4.54. The van der Waals surface area contributed by atoms with Gasteiger partial charge in [-0.1, -0.05) is 40.2 Å². The summed E-state index contributed by atoms with van der Waals surface area (Å²) in [5.74, 6) is 0.722. The molecule has 0 saturated heterocycles. The quantitative estimate of drug-likeness (QED) is 0.476. The Morgan fingerprint density at radius 1 is 1.14 bits per heavy atom. The molecule has 0 bridgehead atoms. The van der Waals surface area contributed by atoms with Crippen LogP contribution in [-0.2, 0) is 0 Å². The minimum Gasteiger partial charge on any atom is -0.495 e. The van der Waals surface area contributed by atoms with Crippen molar-refractivity contribution in [2.75, 3.05) is 12.4 Å². The van der Waals surface area contributed by atoms with E-state index in [1.54, 1.807) is 7.11 Å². The zero-order valence-electron chi connectivity index (χ0n) is 12.3. The van der Waals surface area contributed by atoms with Crippen molar-refractivity contribution in [3.05, 3.63) is 58.6 Å². The van der Waals surface area contributed by atoms with Crippen LogP contribution in [0, 0.1) is 0 Å². The van der Waals surface area contributed by atoms with E-state index in [9.17, 15) is 0 Å². The molecule has 2 aromatic carbocycles. The Kier molecular flexibility index (Phi) is 5.91. The van der Waals surface area contributed by atoms with Crippen molar-refractivity contribution in [2.24, 2.45) is 5.10 Å². The number of nitrogens with zero attached hydrogens (tertiary/aromatic N) is 1. The average molecular weight is 378 g/mol. The molecular formula is C16H16BrN3OS. The zero-order valence-corrected chi connectivity index (χ0v) is 14.7. The number of para-hydroxylation sites is 2. The molecule has 0 spiro atoms. The van der Waals surface area contributed by atoms with Crippen LogP contribution in [0.1, 0.15) is 12.5 Å². The smallest absolute Gasteiger partial charge is 0.191 e. The Morgan fingerprint density at radius 3 is 2.50 bits per heavy atom. The van der Waals surface area contributed by atoms with Crippen LogP contribution in [0.25, 0.3) is 0 Å². The van der Waals surface area contributed by atoms with E-state index in [0.717, 1.165) is 27.2 Å². The van der Waals surface area contributed by atoms with Crippen LogP contribution in [-0.4, -0.2) is 17.9 Å². The molecule has 4 nitrogen and oxygen atoms in total. The molecular weight excluding hydrogens is 362 g/mol. The molecule has 2 rings (SSSR count). The van der Waals surface area contributed by atoms with Gasteiger partial charge in [0.1, 0.15) is 5.75 Å². The molecule has 22 heavy (non-hydrogen) atoms. The summed E-state index contributed by atoms with van der Waals surface area (Å²) in [5.41, 5.74) is 5.50. The fourth-order valence-electron chi connectivity index (χ4n) is 1.79. The van der Waals surface area contributed by atoms with Gasteiger partial charge < -0.3 is 10.1 Å². The van der Waals surface area contributed by atoms with Crippen LogP contribution in [0.2, 0.25) is 0 Å². The van der Waals surface area contributed by atoms with Crippen molar-refractivity contribution in [1.82, 2.24) is 5.43 Å². The molecule has 114 valence electrons. The third-order valence-electron chi connectivity index (χ3n) is 2.94. The van der Waals surface area contributed by atoms with Gasteiger partial charge >= 0.3 is 0 Å². The van der Waals surface area contributed by atoms with E-state index in [1.807, 2.05) is 55.5 Å². The second kappa shape index (κ2) is 7.91. The summed E-state index contributed by atoms with van der Waals surface area (Å²) >= 11 is 8.65. The van der Waals surface area contributed by atoms with E-state index in [0.29, 0.717) is 5.11 Å². The molecule has 2 aromatic rings. The van der Waals surface area contributed by atoms with E-state index in [4.69, 9.17) is 17.0 Å². The predicted octanol–water partition coefficient (Wildman–Crippen LogP) is 4.17. The van der Waals surface area contributed by atoms with Crippen LogP contribution >= 0.6 is 28.1 Å². The average Bonchev–Trinajstić information content (AvgIpc) is 2.54. The number of hydrogen-bond acceptors (Lipinski definition) is 3. The Morgan fingerprint density at radius 2 is 1.82 bits per heavy atom. The van der Waals surface area contributed by atoms with E-state index in [1.165, 1.54) is 0 Å². The molecule has 2 N–H and O–H groups in total. The van der Waals surface area contributed by atoms with Crippen molar-refractivity contribution < 1.29 is 4.74 Å². The summed E-state index contributed by atoms with van der Waals surface area (Å²) in [4.78, 5) is 0. The Balaban J connectivity index is 2.00. The molecule has 0 fully saturated rings. The van der Waals surface area contributed by atoms with Gasteiger partial charge in [-0.3, -0.25) is 5.43 Å². The van der Waals surface area contributed by atoms with Crippen molar-refractivity contribution >= 4 is 44.7 Å². The van der Waals surface area contributed by atoms with Crippen LogP contribution in [0.5, 0.6) is 5.75 Å². The molecule has 6 heteroatoms. The topological polar surface area (TPSA) is 45.6 Å². The number of ether oxygens (including phenoxy) is 1. The summed E-state index contributed by atoms with van der Waals surface area (Å²) in [6.45, 7) is 1.92. The molecule has 0 aliphatic carbocycles. The number of benzene rings is 2. The van der Waals surface area contributed by atoms with Gasteiger partial charge in [-0.2, -0.15) is 5.10 Å². The first kappa shape index (κ1) is 16.5. The number of halogens is 1. The van der Waals surface area contributed by atoms with Gasteiger partial charge in [0.2, 0.25) is 0 Å². The maximum atomic E-state index is 5.26. The highest BCUT2D eigenvalue weighted by molar-refractivity contribution is 9.10. The standard InChI is InChI=1S/C16H16BrN3OS/c1-11(12-7-9-13(17)10-8-12)19-20-16(22)18-14-5-3-4-6-15(14)21-2/h3-10H,1-2H3,(H2,18,20,22)/b19-11+. The van der Waals surface area contributed by atoms with E-state index >= 15 is 0 Å². The van der Waals surface area contributed by atoms with Crippen LogP contribution in [0.3, 0.4) is 0 Å². The lowest BCUT2D eigenvalue weighted by Crippen LogP contribution is -2.25. The zero-order chi connectivity index (χ0) is 15.9. The fraction of sp³-hybridized carbons (Fsp3) is 0.125. The minimum absolute atomic E-state index is 0.404. The number of hydrogen-bond donors (Lipinski definition) is 2. The Bertz CT molecular complexity index is 686. The number of hydrazone groups is 1.